The van der Waals surface area contributed by atoms with E-state index in [2.05, 4.69) is 44.7 Å². The molecular formula is C13H29N3O. The first-order valence-electron chi connectivity index (χ1n) is 6.54. The monoisotopic (exact) mass is 243 g/mol. The Morgan fingerprint density at radius 3 is 2.35 bits per heavy atom. The lowest BCUT2D eigenvalue weighted by atomic mass is 9.82. The lowest BCUT2D eigenvalue weighted by Gasteiger charge is -2.38. The number of nitrogens with zero attached hydrogens (tertiary/aromatic N) is 2. The summed E-state index contributed by atoms with van der Waals surface area (Å²) in [5, 5.41) is 9.61. The summed E-state index contributed by atoms with van der Waals surface area (Å²) < 4.78 is 0. The van der Waals surface area contributed by atoms with E-state index < -0.39 is 0 Å². The summed E-state index contributed by atoms with van der Waals surface area (Å²) in [6.07, 6.45) is 1.17. The molecule has 0 bridgehead atoms. The number of likely N-dealkylation sites (tertiary alicyclic amines) is 1. The van der Waals surface area contributed by atoms with Crippen molar-refractivity contribution in [2.45, 2.75) is 45.3 Å². The normalized spacial score (nSPS) is 26.5. The Labute approximate surface area is 106 Å². The van der Waals surface area contributed by atoms with Gasteiger partial charge in [-0.2, -0.15) is 0 Å². The van der Waals surface area contributed by atoms with Gasteiger partial charge in [0.15, 0.2) is 0 Å². The van der Waals surface area contributed by atoms with Crippen molar-refractivity contribution in [3.05, 3.63) is 0 Å². The van der Waals surface area contributed by atoms with Crippen molar-refractivity contribution in [2.24, 2.45) is 11.1 Å². The Hall–Kier alpha value is -0.160. The largest absolute Gasteiger partial charge is 0.395 e. The minimum Gasteiger partial charge on any atom is -0.395 e. The smallest absolute Gasteiger partial charge is 0.0602 e. The van der Waals surface area contributed by atoms with Crippen molar-refractivity contribution < 1.29 is 5.11 Å². The van der Waals surface area contributed by atoms with Crippen LogP contribution in [-0.4, -0.2) is 66.8 Å². The number of hydrogen-bond donors (Lipinski definition) is 2. The molecule has 1 fully saturated rings. The Balaban J connectivity index is 2.64. The molecule has 3 unspecified atom stereocenters. The molecule has 3 atom stereocenters. The van der Waals surface area contributed by atoms with Crippen LogP contribution in [0.25, 0.3) is 0 Å². The number of hydrogen-bond acceptors (Lipinski definition) is 4. The molecule has 0 saturated carbocycles. The molecule has 3 N–H and O–H groups in total. The molecule has 1 heterocycles. The summed E-state index contributed by atoms with van der Waals surface area (Å²) in [6.45, 7) is 8.62. The molecule has 0 aromatic heterocycles. The number of nitrogens with two attached hydrogens (primary N) is 1. The van der Waals surface area contributed by atoms with Crippen LogP contribution >= 0.6 is 0 Å². The third-order valence-electron chi connectivity index (χ3n) is 4.00. The predicted molar refractivity (Wildman–Crippen MR) is 72.0 cm³/mol. The van der Waals surface area contributed by atoms with E-state index in [1.807, 2.05) is 0 Å². The van der Waals surface area contributed by atoms with Gasteiger partial charge < -0.3 is 15.7 Å². The second-order valence-electron chi connectivity index (χ2n) is 6.54. The highest BCUT2D eigenvalue weighted by Gasteiger charge is 2.36. The molecule has 0 amide bonds. The first-order valence-corrected chi connectivity index (χ1v) is 6.54. The van der Waals surface area contributed by atoms with Crippen LogP contribution in [0.1, 0.15) is 27.2 Å². The van der Waals surface area contributed by atoms with Crippen molar-refractivity contribution in [3.63, 3.8) is 0 Å². The van der Waals surface area contributed by atoms with Crippen LogP contribution in [0.15, 0.2) is 0 Å². The summed E-state index contributed by atoms with van der Waals surface area (Å²) in [5.41, 5.74) is 6.32. The number of likely N-dealkylation sites (N-methyl/N-ethyl adjacent to an activating group) is 1. The van der Waals surface area contributed by atoms with E-state index in [1.54, 1.807) is 0 Å². The first-order chi connectivity index (χ1) is 7.77. The molecule has 0 radical (unpaired) electrons. The predicted octanol–water partition coefficient (Wildman–Crippen LogP) is 0.357. The molecule has 1 rings (SSSR count). The van der Waals surface area contributed by atoms with Gasteiger partial charge in [0.1, 0.15) is 0 Å². The third-order valence-corrected chi connectivity index (χ3v) is 4.00. The van der Waals surface area contributed by atoms with Gasteiger partial charge in [0, 0.05) is 31.2 Å². The van der Waals surface area contributed by atoms with Gasteiger partial charge in [-0.15, -0.1) is 0 Å². The van der Waals surface area contributed by atoms with Gasteiger partial charge in [0.2, 0.25) is 0 Å². The summed E-state index contributed by atoms with van der Waals surface area (Å²) in [6, 6.07) is 0.685. The minimum atomic E-state index is 0.00779. The molecular weight excluding hydrogens is 214 g/mol. The van der Waals surface area contributed by atoms with Crippen molar-refractivity contribution in [1.82, 2.24) is 9.80 Å². The van der Waals surface area contributed by atoms with Crippen LogP contribution in [-0.2, 0) is 0 Å². The Bertz CT molecular complexity index is 237. The molecule has 1 aliphatic heterocycles. The maximum atomic E-state index is 9.61. The van der Waals surface area contributed by atoms with Crippen LogP contribution in [0.3, 0.4) is 0 Å². The molecule has 0 aromatic rings. The van der Waals surface area contributed by atoms with E-state index >= 15 is 0 Å². The lowest BCUT2D eigenvalue weighted by Crippen LogP contribution is -2.55. The van der Waals surface area contributed by atoms with E-state index in [9.17, 15) is 5.11 Å². The van der Waals surface area contributed by atoms with E-state index in [4.69, 9.17) is 5.73 Å². The highest BCUT2D eigenvalue weighted by molar-refractivity contribution is 4.94. The SMILES string of the molecule is CN(C)C1CCN(C(CO)C(N)C(C)(C)C)C1. The average molecular weight is 243 g/mol. The standard InChI is InChI=1S/C13H29N3O/c1-13(2,3)12(14)11(9-17)16-7-6-10(8-16)15(4)5/h10-12,17H,6-9,14H2,1-5H3. The maximum absolute atomic E-state index is 9.61. The van der Waals surface area contributed by atoms with Gasteiger partial charge in [-0.1, -0.05) is 20.8 Å². The number of aliphatic hydroxyl groups excluding tert-OH is 1. The fourth-order valence-electron chi connectivity index (χ4n) is 2.52. The maximum Gasteiger partial charge on any atom is 0.0602 e. The van der Waals surface area contributed by atoms with E-state index in [1.165, 1.54) is 6.42 Å². The van der Waals surface area contributed by atoms with Crippen molar-refractivity contribution >= 4 is 0 Å². The van der Waals surface area contributed by atoms with Crippen LogP contribution in [0.2, 0.25) is 0 Å². The van der Waals surface area contributed by atoms with Gasteiger partial charge in [-0.25, -0.2) is 0 Å². The zero-order valence-corrected chi connectivity index (χ0v) is 12.0. The first kappa shape index (κ1) is 14.9. The minimum absolute atomic E-state index is 0.00779. The Morgan fingerprint density at radius 1 is 1.41 bits per heavy atom. The second-order valence-corrected chi connectivity index (χ2v) is 6.54. The summed E-state index contributed by atoms with van der Waals surface area (Å²) in [5.74, 6) is 0. The van der Waals surface area contributed by atoms with E-state index in [0.29, 0.717) is 6.04 Å². The molecule has 1 aliphatic rings. The summed E-state index contributed by atoms with van der Waals surface area (Å²) >= 11 is 0. The highest BCUT2D eigenvalue weighted by atomic mass is 16.3. The van der Waals surface area contributed by atoms with Gasteiger partial charge in [-0.3, -0.25) is 4.90 Å². The third kappa shape index (κ3) is 3.65. The van der Waals surface area contributed by atoms with Crippen molar-refractivity contribution in [3.8, 4) is 0 Å². The van der Waals surface area contributed by atoms with Crippen LogP contribution in [0, 0.1) is 5.41 Å². The quantitative estimate of drug-likeness (QED) is 0.748. The lowest BCUT2D eigenvalue weighted by molar-refractivity contribution is 0.0830. The van der Waals surface area contributed by atoms with E-state index in [0.717, 1.165) is 13.1 Å². The molecule has 102 valence electrons. The molecule has 1 saturated heterocycles. The molecule has 4 heteroatoms. The molecule has 17 heavy (non-hydrogen) atoms. The molecule has 0 aromatic carbocycles. The molecule has 0 spiro atoms. The van der Waals surface area contributed by atoms with Crippen molar-refractivity contribution in [1.29, 1.82) is 0 Å². The fraction of sp³-hybridized carbons (Fsp3) is 1.00. The Morgan fingerprint density at radius 2 is 2.00 bits per heavy atom. The summed E-state index contributed by atoms with van der Waals surface area (Å²) in [7, 11) is 4.23. The van der Waals surface area contributed by atoms with Crippen LogP contribution in [0.4, 0.5) is 0 Å². The van der Waals surface area contributed by atoms with Gasteiger partial charge in [-0.05, 0) is 25.9 Å². The van der Waals surface area contributed by atoms with Gasteiger partial charge >= 0.3 is 0 Å². The molecule has 0 aliphatic carbocycles. The number of rotatable bonds is 4. The molecule has 4 nitrogen and oxygen atoms in total. The second kappa shape index (κ2) is 5.65. The average Bonchev–Trinajstić information content (AvgIpc) is 2.66. The zero-order valence-electron chi connectivity index (χ0n) is 12.0. The van der Waals surface area contributed by atoms with Crippen LogP contribution in [0.5, 0.6) is 0 Å². The van der Waals surface area contributed by atoms with Gasteiger partial charge in [0.25, 0.3) is 0 Å². The summed E-state index contributed by atoms with van der Waals surface area (Å²) in [4.78, 5) is 4.61. The number of aliphatic hydroxyl groups is 1. The Kier molecular flexibility index (Phi) is 4.95. The fourth-order valence-corrected chi connectivity index (χ4v) is 2.52. The van der Waals surface area contributed by atoms with Crippen LogP contribution < -0.4 is 5.73 Å². The topological polar surface area (TPSA) is 52.7 Å². The highest BCUT2D eigenvalue weighted by Crippen LogP contribution is 2.25. The van der Waals surface area contributed by atoms with Gasteiger partial charge in [0.05, 0.1) is 6.61 Å². The zero-order chi connectivity index (χ0) is 13.2. The van der Waals surface area contributed by atoms with E-state index in [-0.39, 0.29) is 24.1 Å². The van der Waals surface area contributed by atoms with Crippen molar-refractivity contribution in [2.75, 3.05) is 33.8 Å².